The van der Waals surface area contributed by atoms with Crippen LogP contribution in [0.25, 0.3) is 0 Å². The minimum atomic E-state index is -0.675. The number of hydrogen-bond acceptors (Lipinski definition) is 4. The third-order valence-electron chi connectivity index (χ3n) is 3.28. The van der Waals surface area contributed by atoms with E-state index in [-0.39, 0.29) is 18.2 Å². The Morgan fingerprint density at radius 3 is 2.76 bits per heavy atom. The molecule has 0 fully saturated rings. The topological polar surface area (TPSA) is 61.8 Å². The summed E-state index contributed by atoms with van der Waals surface area (Å²) in [5, 5.41) is 12.2. The number of amides is 1. The maximum absolute atomic E-state index is 13.7. The molecule has 0 saturated heterocycles. The number of anilines is 1. The van der Waals surface area contributed by atoms with E-state index in [1.165, 1.54) is 19.2 Å². The lowest BCUT2D eigenvalue weighted by Gasteiger charge is -2.26. The van der Waals surface area contributed by atoms with E-state index in [0.717, 1.165) is 5.56 Å². The van der Waals surface area contributed by atoms with Gasteiger partial charge in [0.1, 0.15) is 5.82 Å². The number of aliphatic hydroxyl groups excluding tert-OH is 1. The Labute approximate surface area is 124 Å². The van der Waals surface area contributed by atoms with E-state index in [1.807, 2.05) is 0 Å². The second-order valence-corrected chi connectivity index (χ2v) is 5.20. The van der Waals surface area contributed by atoms with Crippen LogP contribution in [0.15, 0.2) is 18.2 Å². The Kier molecular flexibility index (Phi) is 6.74. The van der Waals surface area contributed by atoms with Crippen LogP contribution < -0.4 is 5.32 Å². The Morgan fingerprint density at radius 2 is 2.19 bits per heavy atom. The summed E-state index contributed by atoms with van der Waals surface area (Å²) in [4.78, 5) is 13.8. The smallest absolute Gasteiger partial charge is 0.241 e. The average molecular weight is 298 g/mol. The molecule has 0 unspecified atom stereocenters. The van der Waals surface area contributed by atoms with Crippen molar-refractivity contribution in [1.29, 1.82) is 0 Å². The minimum absolute atomic E-state index is 0.156. The highest BCUT2D eigenvalue weighted by Crippen LogP contribution is 2.16. The fourth-order valence-corrected chi connectivity index (χ4v) is 1.89. The highest BCUT2D eigenvalue weighted by Gasteiger charge is 2.21. The van der Waals surface area contributed by atoms with Gasteiger partial charge in [-0.2, -0.15) is 0 Å². The number of nitrogens with one attached hydrogen (secondary N) is 1. The first-order valence-electron chi connectivity index (χ1n) is 6.79. The van der Waals surface area contributed by atoms with Crippen molar-refractivity contribution in [3.8, 4) is 0 Å². The Morgan fingerprint density at radius 1 is 1.52 bits per heavy atom. The lowest BCUT2D eigenvalue weighted by molar-refractivity contribution is -0.120. The summed E-state index contributed by atoms with van der Waals surface area (Å²) in [6.07, 6.45) is -0.675. The van der Waals surface area contributed by atoms with Gasteiger partial charge in [0.2, 0.25) is 5.91 Å². The Balaban J connectivity index is 2.61. The summed E-state index contributed by atoms with van der Waals surface area (Å²) in [7, 11) is 3.22. The Bertz CT molecular complexity index is 482. The van der Waals surface area contributed by atoms with Gasteiger partial charge >= 0.3 is 0 Å². The number of ether oxygens (including phenoxy) is 1. The monoisotopic (exact) mass is 298 g/mol. The summed E-state index contributed by atoms with van der Waals surface area (Å²) in [6.45, 7) is 3.97. The summed E-state index contributed by atoms with van der Waals surface area (Å²) >= 11 is 0. The van der Waals surface area contributed by atoms with Gasteiger partial charge in [-0.3, -0.25) is 9.69 Å². The van der Waals surface area contributed by atoms with Gasteiger partial charge in [-0.1, -0.05) is 6.07 Å². The number of carbonyl (C=O) groups excluding carboxylic acids is 1. The summed E-state index contributed by atoms with van der Waals surface area (Å²) in [5.74, 6) is -0.789. The number of aryl methyl sites for hydroxylation is 1. The molecular weight excluding hydrogens is 275 g/mol. The van der Waals surface area contributed by atoms with Gasteiger partial charge in [0.05, 0.1) is 24.4 Å². The van der Waals surface area contributed by atoms with Crippen molar-refractivity contribution >= 4 is 11.6 Å². The molecule has 118 valence electrons. The first-order chi connectivity index (χ1) is 9.85. The molecule has 0 spiro atoms. The third kappa shape index (κ3) is 5.41. The fourth-order valence-electron chi connectivity index (χ4n) is 1.89. The van der Waals surface area contributed by atoms with Crippen LogP contribution in [-0.4, -0.2) is 55.4 Å². The van der Waals surface area contributed by atoms with Crippen LogP contribution in [0.2, 0.25) is 0 Å². The zero-order valence-electron chi connectivity index (χ0n) is 12.9. The van der Waals surface area contributed by atoms with Crippen molar-refractivity contribution in [1.82, 2.24) is 4.90 Å². The third-order valence-corrected chi connectivity index (χ3v) is 3.28. The molecule has 1 aromatic rings. The van der Waals surface area contributed by atoms with E-state index < -0.39 is 18.0 Å². The first kappa shape index (κ1) is 17.6. The van der Waals surface area contributed by atoms with E-state index in [1.54, 1.807) is 31.9 Å². The molecule has 1 aromatic carbocycles. The molecule has 0 aliphatic carbocycles. The molecule has 2 N–H and O–H groups in total. The van der Waals surface area contributed by atoms with Crippen LogP contribution in [0, 0.1) is 12.7 Å². The molecule has 0 aromatic heterocycles. The van der Waals surface area contributed by atoms with E-state index in [0.29, 0.717) is 6.54 Å². The molecule has 5 nitrogen and oxygen atoms in total. The molecule has 0 aliphatic rings. The number of carbonyl (C=O) groups is 1. The lowest BCUT2D eigenvalue weighted by atomic mass is 10.2. The van der Waals surface area contributed by atoms with E-state index in [2.05, 4.69) is 5.32 Å². The quantitative estimate of drug-likeness (QED) is 0.799. The van der Waals surface area contributed by atoms with Crippen molar-refractivity contribution in [3.05, 3.63) is 29.6 Å². The van der Waals surface area contributed by atoms with Gasteiger partial charge in [-0.15, -0.1) is 0 Å². The minimum Gasteiger partial charge on any atom is -0.389 e. The predicted octanol–water partition coefficient (Wildman–Crippen LogP) is 1.40. The molecule has 1 amide bonds. The predicted molar refractivity (Wildman–Crippen MR) is 79.7 cm³/mol. The standard InChI is InChI=1S/C15H23FN2O3/c1-10-5-6-14(13(16)7-10)17-15(20)11(2)18(3)8-12(19)9-21-4/h5-7,11-12,19H,8-9H2,1-4H3,(H,17,20)/t11-,12-/m0/s1. The number of likely N-dealkylation sites (N-methyl/N-ethyl adjacent to an activating group) is 1. The van der Waals surface area contributed by atoms with Crippen molar-refractivity contribution < 1.29 is 19.0 Å². The normalized spacial score (nSPS) is 14.0. The van der Waals surface area contributed by atoms with Crippen molar-refractivity contribution in [3.63, 3.8) is 0 Å². The zero-order chi connectivity index (χ0) is 16.0. The molecule has 0 aliphatic heterocycles. The number of methoxy groups -OCH3 is 1. The van der Waals surface area contributed by atoms with Crippen molar-refractivity contribution in [2.45, 2.75) is 26.0 Å². The van der Waals surface area contributed by atoms with Gasteiger partial charge in [0, 0.05) is 13.7 Å². The van der Waals surface area contributed by atoms with Gasteiger partial charge in [-0.25, -0.2) is 4.39 Å². The fraction of sp³-hybridized carbons (Fsp3) is 0.533. The van der Waals surface area contributed by atoms with Crippen LogP contribution in [0.5, 0.6) is 0 Å². The molecule has 0 radical (unpaired) electrons. The summed E-state index contributed by atoms with van der Waals surface area (Å²) in [6, 6.07) is 4.13. The summed E-state index contributed by atoms with van der Waals surface area (Å²) < 4.78 is 18.5. The SMILES string of the molecule is COC[C@@H](O)CN(C)[C@@H](C)C(=O)Nc1ccc(C)cc1F. The molecule has 2 atom stereocenters. The number of aliphatic hydroxyl groups is 1. The molecular formula is C15H23FN2O3. The number of halogens is 1. The maximum Gasteiger partial charge on any atom is 0.241 e. The van der Waals surface area contributed by atoms with Crippen molar-refractivity contribution in [2.24, 2.45) is 0 Å². The molecule has 0 bridgehead atoms. The van der Waals surface area contributed by atoms with Crippen LogP contribution >= 0.6 is 0 Å². The average Bonchev–Trinajstić information content (AvgIpc) is 2.41. The van der Waals surface area contributed by atoms with Crippen LogP contribution in [0.1, 0.15) is 12.5 Å². The molecule has 0 heterocycles. The maximum atomic E-state index is 13.7. The molecule has 0 saturated carbocycles. The zero-order valence-corrected chi connectivity index (χ0v) is 12.9. The second kappa shape index (κ2) is 8.07. The summed E-state index contributed by atoms with van der Waals surface area (Å²) in [5.41, 5.74) is 0.946. The van der Waals surface area contributed by atoms with Gasteiger partial charge in [-0.05, 0) is 38.6 Å². The van der Waals surface area contributed by atoms with E-state index in [4.69, 9.17) is 4.74 Å². The molecule has 21 heavy (non-hydrogen) atoms. The molecule has 1 rings (SSSR count). The highest BCUT2D eigenvalue weighted by molar-refractivity contribution is 5.94. The van der Waals surface area contributed by atoms with Crippen LogP contribution in [0.4, 0.5) is 10.1 Å². The van der Waals surface area contributed by atoms with E-state index >= 15 is 0 Å². The number of nitrogens with zero attached hydrogens (tertiary/aromatic N) is 1. The number of hydrogen-bond donors (Lipinski definition) is 2. The van der Waals surface area contributed by atoms with Gasteiger partial charge < -0.3 is 15.2 Å². The highest BCUT2D eigenvalue weighted by atomic mass is 19.1. The second-order valence-electron chi connectivity index (χ2n) is 5.20. The van der Waals surface area contributed by atoms with Crippen LogP contribution in [0.3, 0.4) is 0 Å². The van der Waals surface area contributed by atoms with Gasteiger partial charge in [0.25, 0.3) is 0 Å². The molecule has 6 heteroatoms. The first-order valence-corrected chi connectivity index (χ1v) is 6.79. The number of benzene rings is 1. The lowest BCUT2D eigenvalue weighted by Crippen LogP contribution is -2.44. The van der Waals surface area contributed by atoms with E-state index in [9.17, 15) is 14.3 Å². The largest absolute Gasteiger partial charge is 0.389 e. The number of rotatable bonds is 7. The van der Waals surface area contributed by atoms with Crippen molar-refractivity contribution in [2.75, 3.05) is 32.6 Å². The van der Waals surface area contributed by atoms with Crippen LogP contribution in [-0.2, 0) is 9.53 Å². The van der Waals surface area contributed by atoms with Gasteiger partial charge in [0.15, 0.2) is 0 Å². The Hall–Kier alpha value is -1.50.